The van der Waals surface area contributed by atoms with Crippen molar-refractivity contribution in [1.29, 1.82) is 0 Å². The number of carbonyl (C=O) groups excluding carboxylic acids is 1. The summed E-state index contributed by atoms with van der Waals surface area (Å²) in [6, 6.07) is 5.67. The molecule has 0 N–H and O–H groups in total. The summed E-state index contributed by atoms with van der Waals surface area (Å²) < 4.78 is 5.68. The molecule has 0 amide bonds. The van der Waals surface area contributed by atoms with Crippen molar-refractivity contribution in [3.05, 3.63) is 29.3 Å². The van der Waals surface area contributed by atoms with E-state index >= 15 is 0 Å². The van der Waals surface area contributed by atoms with Crippen LogP contribution in [0.2, 0.25) is 0 Å². The zero-order chi connectivity index (χ0) is 14.4. The first-order valence-electron chi connectivity index (χ1n) is 7.00. The number of Topliss-reactive ketones (excluding diaryl/α,β-unsaturated/α-hetero) is 1. The van der Waals surface area contributed by atoms with Gasteiger partial charge in [0, 0.05) is 5.56 Å². The van der Waals surface area contributed by atoms with Crippen LogP contribution in [-0.2, 0) is 0 Å². The molecule has 0 atom stereocenters. The van der Waals surface area contributed by atoms with Gasteiger partial charge in [-0.1, -0.05) is 13.8 Å². The number of rotatable bonds is 7. The molecule has 0 saturated heterocycles. The van der Waals surface area contributed by atoms with E-state index in [9.17, 15) is 4.79 Å². The monoisotopic (exact) mass is 263 g/mol. The summed E-state index contributed by atoms with van der Waals surface area (Å²) in [5.74, 6) is 1.03. The molecule has 0 spiro atoms. The number of ketones is 1. The van der Waals surface area contributed by atoms with Crippen molar-refractivity contribution < 1.29 is 9.53 Å². The molecule has 0 aromatic heterocycles. The van der Waals surface area contributed by atoms with Gasteiger partial charge in [0.1, 0.15) is 5.75 Å². The third-order valence-electron chi connectivity index (χ3n) is 3.12. The van der Waals surface area contributed by atoms with Crippen LogP contribution >= 0.6 is 0 Å². The van der Waals surface area contributed by atoms with Crippen LogP contribution in [0.1, 0.15) is 43.6 Å². The summed E-state index contributed by atoms with van der Waals surface area (Å²) in [5, 5.41) is 0. The van der Waals surface area contributed by atoms with E-state index in [0.717, 1.165) is 30.0 Å². The van der Waals surface area contributed by atoms with Gasteiger partial charge in [0.2, 0.25) is 0 Å². The molecule has 0 aliphatic heterocycles. The highest BCUT2D eigenvalue weighted by molar-refractivity contribution is 5.97. The first kappa shape index (κ1) is 15.7. The van der Waals surface area contributed by atoms with E-state index in [-0.39, 0.29) is 11.9 Å². The second-order valence-corrected chi connectivity index (χ2v) is 5.03. The van der Waals surface area contributed by atoms with Gasteiger partial charge in [0.05, 0.1) is 12.6 Å². The van der Waals surface area contributed by atoms with Crippen LogP contribution in [0.4, 0.5) is 0 Å². The third-order valence-corrected chi connectivity index (χ3v) is 3.12. The lowest BCUT2D eigenvalue weighted by Gasteiger charge is -2.17. The summed E-state index contributed by atoms with van der Waals surface area (Å²) in [4.78, 5) is 14.3. The Labute approximate surface area is 116 Å². The van der Waals surface area contributed by atoms with E-state index in [4.69, 9.17) is 4.74 Å². The quantitative estimate of drug-likeness (QED) is 0.707. The van der Waals surface area contributed by atoms with Crippen LogP contribution in [0.25, 0.3) is 0 Å². The van der Waals surface area contributed by atoms with Crippen LogP contribution in [0.5, 0.6) is 5.75 Å². The van der Waals surface area contributed by atoms with Crippen LogP contribution in [0.3, 0.4) is 0 Å². The summed E-state index contributed by atoms with van der Waals surface area (Å²) in [6.07, 6.45) is 0.149. The molecule has 0 radical (unpaired) electrons. The molecule has 106 valence electrons. The molecule has 3 nitrogen and oxygen atoms in total. The van der Waals surface area contributed by atoms with Crippen LogP contribution in [-0.4, -0.2) is 36.4 Å². The van der Waals surface area contributed by atoms with Crippen molar-refractivity contribution in [3.8, 4) is 5.75 Å². The number of ether oxygens (including phenoxy) is 1. The van der Waals surface area contributed by atoms with Crippen molar-refractivity contribution in [3.63, 3.8) is 0 Å². The van der Waals surface area contributed by atoms with E-state index in [0.29, 0.717) is 6.54 Å². The maximum absolute atomic E-state index is 12.2. The Morgan fingerprint density at radius 2 is 1.89 bits per heavy atom. The summed E-state index contributed by atoms with van der Waals surface area (Å²) in [7, 11) is 0. The van der Waals surface area contributed by atoms with Crippen LogP contribution in [0, 0.1) is 6.92 Å². The minimum atomic E-state index is 0.149. The Morgan fingerprint density at radius 1 is 1.26 bits per heavy atom. The van der Waals surface area contributed by atoms with Crippen molar-refractivity contribution in [2.75, 3.05) is 19.6 Å². The number of hydrogen-bond donors (Lipinski definition) is 0. The maximum Gasteiger partial charge on any atom is 0.176 e. The molecular weight excluding hydrogens is 238 g/mol. The van der Waals surface area contributed by atoms with E-state index < -0.39 is 0 Å². The van der Waals surface area contributed by atoms with E-state index in [1.54, 1.807) is 0 Å². The second-order valence-electron chi connectivity index (χ2n) is 5.03. The van der Waals surface area contributed by atoms with E-state index in [2.05, 4.69) is 18.7 Å². The number of carbonyl (C=O) groups is 1. The molecule has 0 bridgehead atoms. The summed E-state index contributed by atoms with van der Waals surface area (Å²) >= 11 is 0. The normalized spacial score (nSPS) is 11.1. The van der Waals surface area contributed by atoms with Gasteiger partial charge in [-0.05, 0) is 57.6 Å². The highest BCUT2D eigenvalue weighted by atomic mass is 16.5. The Balaban J connectivity index is 2.79. The van der Waals surface area contributed by atoms with Gasteiger partial charge < -0.3 is 4.74 Å². The Bertz CT molecular complexity index is 423. The van der Waals surface area contributed by atoms with Gasteiger partial charge in [-0.25, -0.2) is 0 Å². The largest absolute Gasteiger partial charge is 0.491 e. The SMILES string of the molecule is CCN(CC)CC(=O)c1ccc(OC(C)C)c(C)c1. The predicted octanol–water partition coefficient (Wildman–Crippen LogP) is 3.31. The number of nitrogens with zero attached hydrogens (tertiary/aromatic N) is 1. The number of benzene rings is 1. The maximum atomic E-state index is 12.2. The molecule has 1 aromatic rings. The molecule has 0 fully saturated rings. The highest BCUT2D eigenvalue weighted by Gasteiger charge is 2.12. The molecule has 1 aromatic carbocycles. The smallest absolute Gasteiger partial charge is 0.176 e. The first-order chi connectivity index (χ1) is 8.97. The average Bonchev–Trinajstić information content (AvgIpc) is 2.37. The van der Waals surface area contributed by atoms with Crippen LogP contribution in [0.15, 0.2) is 18.2 Å². The number of aryl methyl sites for hydroxylation is 1. The van der Waals surface area contributed by atoms with Crippen molar-refractivity contribution >= 4 is 5.78 Å². The average molecular weight is 263 g/mol. The fraction of sp³-hybridized carbons (Fsp3) is 0.562. The summed E-state index contributed by atoms with van der Waals surface area (Å²) in [6.45, 7) is 12.4. The fourth-order valence-electron chi connectivity index (χ4n) is 1.95. The number of likely N-dealkylation sites (N-methyl/N-ethyl adjacent to an activating group) is 1. The fourth-order valence-corrected chi connectivity index (χ4v) is 1.95. The van der Waals surface area contributed by atoms with Gasteiger partial charge in [0.15, 0.2) is 5.78 Å². The molecule has 0 heterocycles. The molecular formula is C16H25NO2. The van der Waals surface area contributed by atoms with Crippen molar-refractivity contribution in [2.24, 2.45) is 0 Å². The minimum Gasteiger partial charge on any atom is -0.491 e. The Hall–Kier alpha value is -1.35. The van der Waals surface area contributed by atoms with Gasteiger partial charge >= 0.3 is 0 Å². The third kappa shape index (κ3) is 4.67. The topological polar surface area (TPSA) is 29.5 Å². The summed E-state index contributed by atoms with van der Waals surface area (Å²) in [5.41, 5.74) is 1.78. The molecule has 1 rings (SSSR count). The molecule has 0 aliphatic rings. The van der Waals surface area contributed by atoms with Crippen LogP contribution < -0.4 is 4.74 Å². The van der Waals surface area contributed by atoms with E-state index in [1.165, 1.54) is 0 Å². The Morgan fingerprint density at radius 3 is 2.37 bits per heavy atom. The van der Waals surface area contributed by atoms with Gasteiger partial charge in [-0.2, -0.15) is 0 Å². The lowest BCUT2D eigenvalue weighted by atomic mass is 10.1. The number of hydrogen-bond acceptors (Lipinski definition) is 3. The zero-order valence-corrected chi connectivity index (χ0v) is 12.7. The minimum absolute atomic E-state index is 0.149. The van der Waals surface area contributed by atoms with Crippen molar-refractivity contribution in [2.45, 2.75) is 40.7 Å². The van der Waals surface area contributed by atoms with Crippen molar-refractivity contribution in [1.82, 2.24) is 4.90 Å². The van der Waals surface area contributed by atoms with Gasteiger partial charge in [0.25, 0.3) is 0 Å². The van der Waals surface area contributed by atoms with Gasteiger partial charge in [-0.3, -0.25) is 9.69 Å². The second kappa shape index (κ2) is 7.29. The lowest BCUT2D eigenvalue weighted by molar-refractivity contribution is 0.0937. The first-order valence-corrected chi connectivity index (χ1v) is 7.00. The predicted molar refractivity (Wildman–Crippen MR) is 79.1 cm³/mol. The Kier molecular flexibility index (Phi) is 6.03. The highest BCUT2D eigenvalue weighted by Crippen LogP contribution is 2.20. The molecule has 19 heavy (non-hydrogen) atoms. The molecule has 3 heteroatoms. The van der Waals surface area contributed by atoms with Gasteiger partial charge in [-0.15, -0.1) is 0 Å². The zero-order valence-electron chi connectivity index (χ0n) is 12.7. The molecule has 0 aliphatic carbocycles. The van der Waals surface area contributed by atoms with E-state index in [1.807, 2.05) is 39.0 Å². The molecule has 0 saturated carbocycles. The standard InChI is InChI=1S/C16H25NO2/c1-6-17(7-2)11-15(18)14-8-9-16(13(5)10-14)19-12(3)4/h8-10,12H,6-7,11H2,1-5H3. The lowest BCUT2D eigenvalue weighted by Crippen LogP contribution is -2.29. The molecule has 0 unspecified atom stereocenters.